The monoisotopic (exact) mass is 343 g/mol. The zero-order valence-electron chi connectivity index (χ0n) is 13.7. The first-order valence-electron chi connectivity index (χ1n) is 8.07. The van der Waals surface area contributed by atoms with E-state index in [-0.39, 0.29) is 17.7 Å². The molecule has 24 heavy (non-hydrogen) atoms. The van der Waals surface area contributed by atoms with Crippen LogP contribution in [0.2, 0.25) is 0 Å². The van der Waals surface area contributed by atoms with Gasteiger partial charge in [0.2, 0.25) is 11.8 Å². The number of pyridine rings is 1. The average Bonchev–Trinajstić information content (AvgIpc) is 3.10. The predicted octanol–water partition coefficient (Wildman–Crippen LogP) is 2.54. The summed E-state index contributed by atoms with van der Waals surface area (Å²) in [5, 5.41) is 4.07. The van der Waals surface area contributed by atoms with E-state index in [4.69, 9.17) is 0 Å². The number of rotatable bonds is 5. The van der Waals surface area contributed by atoms with Gasteiger partial charge in [0.15, 0.2) is 0 Å². The summed E-state index contributed by atoms with van der Waals surface area (Å²) in [6, 6.07) is 7.70. The molecule has 3 rings (SSSR count). The minimum Gasteiger partial charge on any atom is -0.341 e. The quantitative estimate of drug-likeness (QED) is 0.838. The maximum atomic E-state index is 12.7. The highest BCUT2D eigenvalue weighted by atomic mass is 32.1. The van der Waals surface area contributed by atoms with Crippen molar-refractivity contribution >= 4 is 23.2 Å². The van der Waals surface area contributed by atoms with Gasteiger partial charge >= 0.3 is 0 Å². The van der Waals surface area contributed by atoms with Crippen molar-refractivity contribution in [2.45, 2.75) is 25.9 Å². The van der Waals surface area contributed by atoms with Crippen molar-refractivity contribution in [1.82, 2.24) is 14.8 Å². The molecule has 0 N–H and O–H groups in total. The van der Waals surface area contributed by atoms with Crippen LogP contribution < -0.4 is 0 Å². The van der Waals surface area contributed by atoms with Crippen molar-refractivity contribution in [2.75, 3.05) is 13.6 Å². The summed E-state index contributed by atoms with van der Waals surface area (Å²) in [4.78, 5) is 32.7. The third-order valence-corrected chi connectivity index (χ3v) is 5.04. The van der Waals surface area contributed by atoms with Gasteiger partial charge in [-0.05, 0) is 40.9 Å². The molecule has 2 aromatic heterocycles. The van der Waals surface area contributed by atoms with Gasteiger partial charge in [0.05, 0.1) is 18.2 Å². The van der Waals surface area contributed by atoms with Crippen LogP contribution in [0.15, 0.2) is 41.2 Å². The zero-order valence-corrected chi connectivity index (χ0v) is 14.5. The molecular weight excluding hydrogens is 322 g/mol. The molecule has 2 aromatic rings. The summed E-state index contributed by atoms with van der Waals surface area (Å²) in [6.07, 6.45) is 2.78. The van der Waals surface area contributed by atoms with Crippen LogP contribution in [-0.4, -0.2) is 40.2 Å². The molecule has 0 saturated carbocycles. The number of thiophene rings is 1. The summed E-state index contributed by atoms with van der Waals surface area (Å²) in [6.45, 7) is 1.56. The lowest BCUT2D eigenvalue weighted by molar-refractivity contribution is -0.143. The number of piperidine rings is 1. The van der Waals surface area contributed by atoms with Crippen molar-refractivity contribution in [3.8, 4) is 0 Å². The first-order chi connectivity index (χ1) is 11.6. The second-order valence-electron chi connectivity index (χ2n) is 6.16. The van der Waals surface area contributed by atoms with Gasteiger partial charge in [0.1, 0.15) is 0 Å². The van der Waals surface area contributed by atoms with E-state index in [0.717, 1.165) is 11.3 Å². The first-order valence-corrected chi connectivity index (χ1v) is 9.01. The van der Waals surface area contributed by atoms with Crippen molar-refractivity contribution in [2.24, 2.45) is 5.92 Å². The molecule has 1 atom stereocenters. The lowest BCUT2D eigenvalue weighted by Crippen LogP contribution is -2.45. The molecule has 0 aromatic carbocycles. The van der Waals surface area contributed by atoms with Gasteiger partial charge in [0.25, 0.3) is 0 Å². The summed E-state index contributed by atoms with van der Waals surface area (Å²) < 4.78 is 0. The van der Waals surface area contributed by atoms with Gasteiger partial charge in [-0.1, -0.05) is 6.07 Å². The van der Waals surface area contributed by atoms with Gasteiger partial charge in [0, 0.05) is 32.8 Å². The topological polar surface area (TPSA) is 53.5 Å². The van der Waals surface area contributed by atoms with E-state index in [9.17, 15) is 9.59 Å². The van der Waals surface area contributed by atoms with Crippen LogP contribution >= 0.6 is 11.3 Å². The Labute approximate surface area is 145 Å². The maximum Gasteiger partial charge on any atom is 0.227 e. The van der Waals surface area contributed by atoms with Crippen LogP contribution in [0.1, 0.15) is 24.1 Å². The highest BCUT2D eigenvalue weighted by molar-refractivity contribution is 7.07. The summed E-state index contributed by atoms with van der Waals surface area (Å²) in [5.41, 5.74) is 2.00. The van der Waals surface area contributed by atoms with Gasteiger partial charge in [-0.3, -0.25) is 14.6 Å². The number of hydrogen-bond acceptors (Lipinski definition) is 4. The second kappa shape index (κ2) is 7.57. The lowest BCUT2D eigenvalue weighted by atomic mass is 9.95. The average molecular weight is 343 g/mol. The Morgan fingerprint density at radius 2 is 2.29 bits per heavy atom. The number of amides is 2. The van der Waals surface area contributed by atoms with Crippen LogP contribution in [-0.2, 0) is 22.7 Å². The zero-order chi connectivity index (χ0) is 16.9. The van der Waals surface area contributed by atoms with Gasteiger partial charge in [-0.15, -0.1) is 0 Å². The molecule has 1 aliphatic rings. The molecule has 1 saturated heterocycles. The Bertz CT molecular complexity index is 688. The van der Waals surface area contributed by atoms with Crippen molar-refractivity contribution in [1.29, 1.82) is 0 Å². The van der Waals surface area contributed by atoms with Crippen LogP contribution in [0.5, 0.6) is 0 Å². The van der Waals surface area contributed by atoms with Crippen molar-refractivity contribution < 1.29 is 9.59 Å². The molecule has 0 unspecified atom stereocenters. The molecule has 5 nitrogen and oxygen atoms in total. The molecule has 0 radical (unpaired) electrons. The number of nitrogens with zero attached hydrogens (tertiary/aromatic N) is 3. The van der Waals surface area contributed by atoms with E-state index < -0.39 is 0 Å². The van der Waals surface area contributed by atoms with E-state index in [2.05, 4.69) is 10.4 Å². The van der Waals surface area contributed by atoms with E-state index >= 15 is 0 Å². The smallest absolute Gasteiger partial charge is 0.227 e. The highest BCUT2D eigenvalue weighted by Gasteiger charge is 2.32. The Kier molecular flexibility index (Phi) is 5.25. The number of carbonyl (C=O) groups is 2. The Morgan fingerprint density at radius 3 is 3.00 bits per heavy atom. The van der Waals surface area contributed by atoms with Crippen LogP contribution in [0.4, 0.5) is 0 Å². The van der Waals surface area contributed by atoms with E-state index in [1.54, 1.807) is 27.3 Å². The number of carbonyl (C=O) groups excluding carboxylic acids is 2. The van der Waals surface area contributed by atoms with Crippen molar-refractivity contribution in [3.63, 3.8) is 0 Å². The lowest BCUT2D eigenvalue weighted by Gasteiger charge is -2.33. The molecule has 1 aliphatic heterocycles. The van der Waals surface area contributed by atoms with Crippen LogP contribution in [0.25, 0.3) is 0 Å². The standard InChI is InChI=1S/C18H21N3O2S/c1-20(10-14-7-9-24-13-14)18(23)15-5-6-17(22)21(11-15)12-16-4-2-3-8-19-16/h2-4,7-9,13,15H,5-6,10-12H2,1H3/t15-/m1/s1. The fourth-order valence-electron chi connectivity index (χ4n) is 3.00. The Hall–Kier alpha value is -2.21. The van der Waals surface area contributed by atoms with Gasteiger partial charge in [-0.2, -0.15) is 11.3 Å². The molecule has 6 heteroatoms. The molecule has 2 amide bonds. The summed E-state index contributed by atoms with van der Waals surface area (Å²) in [7, 11) is 1.83. The molecule has 126 valence electrons. The Morgan fingerprint density at radius 1 is 1.42 bits per heavy atom. The van der Waals surface area contributed by atoms with Gasteiger partial charge < -0.3 is 9.80 Å². The summed E-state index contributed by atoms with van der Waals surface area (Å²) in [5.74, 6) is 0.0833. The fourth-order valence-corrected chi connectivity index (χ4v) is 3.66. The molecule has 0 aliphatic carbocycles. The SMILES string of the molecule is CN(Cc1ccsc1)C(=O)[C@@H]1CCC(=O)N(Cc2ccccn2)C1. The highest BCUT2D eigenvalue weighted by Crippen LogP contribution is 2.22. The van der Waals surface area contributed by atoms with E-state index in [1.165, 1.54) is 0 Å². The molecule has 3 heterocycles. The minimum atomic E-state index is -0.130. The second-order valence-corrected chi connectivity index (χ2v) is 6.94. The number of likely N-dealkylation sites (tertiary alicyclic amines) is 1. The van der Waals surface area contributed by atoms with Crippen LogP contribution in [0, 0.1) is 5.92 Å². The van der Waals surface area contributed by atoms with Gasteiger partial charge in [-0.25, -0.2) is 0 Å². The molecule has 0 bridgehead atoms. The third kappa shape index (κ3) is 4.00. The normalized spacial score (nSPS) is 17.8. The summed E-state index contributed by atoms with van der Waals surface area (Å²) >= 11 is 1.63. The fraction of sp³-hybridized carbons (Fsp3) is 0.389. The predicted molar refractivity (Wildman–Crippen MR) is 93.2 cm³/mol. The Balaban J connectivity index is 1.61. The number of aromatic nitrogens is 1. The molecular formula is C18H21N3O2S. The van der Waals surface area contributed by atoms with E-state index in [1.807, 2.05) is 36.7 Å². The van der Waals surface area contributed by atoms with E-state index in [0.29, 0.717) is 32.5 Å². The third-order valence-electron chi connectivity index (χ3n) is 4.30. The largest absolute Gasteiger partial charge is 0.341 e. The maximum absolute atomic E-state index is 12.7. The van der Waals surface area contributed by atoms with Crippen molar-refractivity contribution in [3.05, 3.63) is 52.5 Å². The number of hydrogen-bond donors (Lipinski definition) is 0. The van der Waals surface area contributed by atoms with Crippen LogP contribution in [0.3, 0.4) is 0 Å². The minimum absolute atomic E-state index is 0.102. The first kappa shape index (κ1) is 16.6. The molecule has 1 fully saturated rings. The molecule has 0 spiro atoms.